The second-order valence-corrected chi connectivity index (χ2v) is 5.95. The zero-order valence-corrected chi connectivity index (χ0v) is 14.1. The Labute approximate surface area is 152 Å². The van der Waals surface area contributed by atoms with Gasteiger partial charge in [-0.15, -0.1) is 0 Å². The summed E-state index contributed by atoms with van der Waals surface area (Å²) in [6.07, 6.45) is -1.38. The summed E-state index contributed by atoms with van der Waals surface area (Å²) in [6, 6.07) is 12.6. The van der Waals surface area contributed by atoms with Crippen LogP contribution in [-0.4, -0.2) is 15.7 Å². The molecule has 134 valence electrons. The van der Waals surface area contributed by atoms with Crippen molar-refractivity contribution in [1.82, 2.24) is 9.78 Å². The number of para-hydroxylation sites is 1. The van der Waals surface area contributed by atoms with E-state index in [1.54, 1.807) is 10.9 Å². The number of nitrogens with one attached hydrogen (secondary N) is 1. The van der Waals surface area contributed by atoms with E-state index >= 15 is 0 Å². The first-order valence-corrected chi connectivity index (χ1v) is 7.96. The van der Waals surface area contributed by atoms with Gasteiger partial charge < -0.3 is 5.32 Å². The van der Waals surface area contributed by atoms with Crippen molar-refractivity contribution in [2.24, 2.45) is 0 Å². The third-order valence-electron chi connectivity index (χ3n) is 3.58. The Balaban J connectivity index is 1.69. The van der Waals surface area contributed by atoms with Gasteiger partial charge in [0.2, 0.25) is 5.91 Å². The number of anilines is 1. The first kappa shape index (κ1) is 18.0. The first-order valence-electron chi connectivity index (χ1n) is 7.58. The van der Waals surface area contributed by atoms with Gasteiger partial charge in [-0.1, -0.05) is 29.8 Å². The summed E-state index contributed by atoms with van der Waals surface area (Å²) in [6.45, 7) is 0. The fourth-order valence-electron chi connectivity index (χ4n) is 2.38. The molecule has 1 N–H and O–H groups in total. The number of hydrogen-bond donors (Lipinski definition) is 1. The Kier molecular flexibility index (Phi) is 4.99. The van der Waals surface area contributed by atoms with Crippen LogP contribution in [-0.2, 0) is 17.4 Å². The normalized spacial score (nSPS) is 11.4. The van der Waals surface area contributed by atoms with Gasteiger partial charge >= 0.3 is 6.18 Å². The molecule has 1 amide bonds. The second kappa shape index (κ2) is 7.21. The third kappa shape index (κ3) is 4.23. The van der Waals surface area contributed by atoms with Crippen LogP contribution >= 0.6 is 11.6 Å². The molecular weight excluding hydrogens is 367 g/mol. The molecule has 0 spiro atoms. The predicted octanol–water partition coefficient (Wildman–Crippen LogP) is 4.73. The van der Waals surface area contributed by atoms with Gasteiger partial charge in [0, 0.05) is 11.9 Å². The van der Waals surface area contributed by atoms with Crippen molar-refractivity contribution in [3.63, 3.8) is 0 Å². The van der Waals surface area contributed by atoms with Gasteiger partial charge in [0.1, 0.15) is 0 Å². The lowest BCUT2D eigenvalue weighted by Gasteiger charge is -2.11. The maximum absolute atomic E-state index is 12.9. The van der Waals surface area contributed by atoms with Gasteiger partial charge in [0.25, 0.3) is 0 Å². The fraction of sp³-hybridized carbons (Fsp3) is 0.111. The van der Waals surface area contributed by atoms with Crippen molar-refractivity contribution in [2.45, 2.75) is 12.6 Å². The predicted molar refractivity (Wildman–Crippen MR) is 92.4 cm³/mol. The zero-order valence-electron chi connectivity index (χ0n) is 13.3. The molecule has 26 heavy (non-hydrogen) atoms. The molecule has 0 fully saturated rings. The highest BCUT2D eigenvalue weighted by atomic mass is 35.5. The van der Waals surface area contributed by atoms with Crippen LogP contribution in [0.3, 0.4) is 0 Å². The van der Waals surface area contributed by atoms with E-state index in [1.807, 2.05) is 30.3 Å². The van der Waals surface area contributed by atoms with E-state index in [2.05, 4.69) is 10.4 Å². The first-order chi connectivity index (χ1) is 12.3. The smallest absolute Gasteiger partial charge is 0.326 e. The Hall–Kier alpha value is -2.80. The summed E-state index contributed by atoms with van der Waals surface area (Å²) in [5.74, 6) is -0.451. The summed E-state index contributed by atoms with van der Waals surface area (Å²) >= 11 is 5.56. The molecule has 8 heteroatoms. The van der Waals surface area contributed by atoms with Gasteiger partial charge in [0.05, 0.1) is 28.9 Å². The number of nitrogens with zero attached hydrogens (tertiary/aromatic N) is 2. The SMILES string of the molecule is O=C(Cc1cnn(-c2ccccc2)c1)Nc1ccc(Cl)c(C(F)(F)F)c1. The molecule has 0 saturated carbocycles. The lowest BCUT2D eigenvalue weighted by Crippen LogP contribution is -2.15. The minimum atomic E-state index is -4.59. The van der Waals surface area contributed by atoms with E-state index in [4.69, 9.17) is 11.6 Å². The van der Waals surface area contributed by atoms with E-state index in [0.29, 0.717) is 5.56 Å². The van der Waals surface area contributed by atoms with Crippen LogP contribution < -0.4 is 5.32 Å². The van der Waals surface area contributed by atoms with Gasteiger partial charge in [-0.2, -0.15) is 18.3 Å². The van der Waals surface area contributed by atoms with Crippen LogP contribution in [0.4, 0.5) is 18.9 Å². The topological polar surface area (TPSA) is 46.9 Å². The Morgan fingerprint density at radius 1 is 1.15 bits per heavy atom. The molecule has 0 radical (unpaired) electrons. The second-order valence-electron chi connectivity index (χ2n) is 5.55. The quantitative estimate of drug-likeness (QED) is 0.712. The van der Waals surface area contributed by atoms with Crippen molar-refractivity contribution in [3.05, 3.63) is 77.1 Å². The minimum absolute atomic E-state index is 0.0171. The van der Waals surface area contributed by atoms with Gasteiger partial charge in [-0.25, -0.2) is 4.68 Å². The highest BCUT2D eigenvalue weighted by molar-refractivity contribution is 6.31. The number of carbonyl (C=O) groups excluding carboxylic acids is 1. The van der Waals surface area contributed by atoms with Gasteiger partial charge in [0.15, 0.2) is 0 Å². The highest BCUT2D eigenvalue weighted by Crippen LogP contribution is 2.36. The number of alkyl halides is 3. The Morgan fingerprint density at radius 3 is 2.58 bits per heavy atom. The number of rotatable bonds is 4. The van der Waals surface area contributed by atoms with E-state index < -0.39 is 22.7 Å². The minimum Gasteiger partial charge on any atom is -0.326 e. The van der Waals surface area contributed by atoms with Crippen molar-refractivity contribution >= 4 is 23.2 Å². The van der Waals surface area contributed by atoms with Crippen LogP contribution in [0.15, 0.2) is 60.9 Å². The summed E-state index contributed by atoms with van der Waals surface area (Å²) in [4.78, 5) is 12.1. The van der Waals surface area contributed by atoms with Crippen molar-refractivity contribution in [2.75, 3.05) is 5.32 Å². The molecule has 0 aliphatic rings. The number of amides is 1. The Bertz CT molecular complexity index is 923. The lowest BCUT2D eigenvalue weighted by atomic mass is 10.2. The molecule has 2 aromatic carbocycles. The zero-order chi connectivity index (χ0) is 18.7. The van der Waals surface area contributed by atoms with Crippen molar-refractivity contribution in [3.8, 4) is 5.69 Å². The molecule has 1 aromatic heterocycles. The highest BCUT2D eigenvalue weighted by Gasteiger charge is 2.33. The molecule has 0 bridgehead atoms. The molecule has 0 aliphatic heterocycles. The van der Waals surface area contributed by atoms with E-state index in [-0.39, 0.29) is 12.1 Å². The molecule has 0 atom stereocenters. The van der Waals surface area contributed by atoms with E-state index in [1.165, 1.54) is 12.3 Å². The maximum atomic E-state index is 12.9. The molecule has 4 nitrogen and oxygen atoms in total. The number of halogens is 4. The molecule has 0 saturated heterocycles. The van der Waals surface area contributed by atoms with Gasteiger partial charge in [-0.3, -0.25) is 4.79 Å². The maximum Gasteiger partial charge on any atom is 0.417 e. The summed E-state index contributed by atoms with van der Waals surface area (Å²) < 4.78 is 40.2. The number of hydrogen-bond acceptors (Lipinski definition) is 2. The summed E-state index contributed by atoms with van der Waals surface area (Å²) in [5.41, 5.74) is 0.513. The number of aromatic nitrogens is 2. The van der Waals surface area contributed by atoms with Crippen LogP contribution in [0.2, 0.25) is 5.02 Å². The summed E-state index contributed by atoms with van der Waals surface area (Å²) in [7, 11) is 0. The van der Waals surface area contributed by atoms with Crippen molar-refractivity contribution < 1.29 is 18.0 Å². The Morgan fingerprint density at radius 2 is 1.88 bits per heavy atom. The molecule has 1 heterocycles. The number of benzene rings is 2. The molecule has 3 aromatic rings. The molecule has 3 rings (SSSR count). The van der Waals surface area contributed by atoms with Crippen molar-refractivity contribution in [1.29, 1.82) is 0 Å². The average molecular weight is 380 g/mol. The average Bonchev–Trinajstić information content (AvgIpc) is 3.05. The molecule has 0 aliphatic carbocycles. The fourth-order valence-corrected chi connectivity index (χ4v) is 2.61. The largest absolute Gasteiger partial charge is 0.417 e. The number of carbonyl (C=O) groups is 1. The van der Waals surface area contributed by atoms with Gasteiger partial charge in [-0.05, 0) is 35.9 Å². The lowest BCUT2D eigenvalue weighted by molar-refractivity contribution is -0.137. The molecule has 0 unspecified atom stereocenters. The van der Waals surface area contributed by atoms with Crippen LogP contribution in [0, 0.1) is 0 Å². The van der Waals surface area contributed by atoms with Crippen LogP contribution in [0.25, 0.3) is 5.69 Å². The third-order valence-corrected chi connectivity index (χ3v) is 3.91. The van der Waals surface area contributed by atoms with E-state index in [0.717, 1.165) is 17.8 Å². The van der Waals surface area contributed by atoms with Crippen LogP contribution in [0.5, 0.6) is 0 Å². The molecular formula is C18H13ClF3N3O. The summed E-state index contributed by atoms with van der Waals surface area (Å²) in [5, 5.41) is 6.20. The standard InChI is InChI=1S/C18H13ClF3N3O/c19-16-7-6-13(9-15(16)18(20,21)22)24-17(26)8-12-10-23-25(11-12)14-4-2-1-3-5-14/h1-7,9-11H,8H2,(H,24,26). The van der Waals surface area contributed by atoms with Crippen LogP contribution in [0.1, 0.15) is 11.1 Å². The van der Waals surface area contributed by atoms with E-state index in [9.17, 15) is 18.0 Å². The monoisotopic (exact) mass is 379 g/mol.